The summed E-state index contributed by atoms with van der Waals surface area (Å²) in [5.74, 6) is -2.17. The van der Waals surface area contributed by atoms with Crippen molar-refractivity contribution in [2.75, 3.05) is 24.7 Å². The molecule has 2 aromatic rings. The Balaban J connectivity index is 1.57. The molecule has 1 heterocycles. The van der Waals surface area contributed by atoms with Crippen molar-refractivity contribution in [3.63, 3.8) is 0 Å². The van der Waals surface area contributed by atoms with Gasteiger partial charge in [-0.1, -0.05) is 30.3 Å². The smallest absolute Gasteiger partial charge is 0.338 e. The lowest BCUT2D eigenvalue weighted by Crippen LogP contribution is -2.27. The molecule has 0 aliphatic carbocycles. The van der Waals surface area contributed by atoms with Gasteiger partial charge in [0.15, 0.2) is 12.4 Å². The van der Waals surface area contributed by atoms with Gasteiger partial charge in [0.2, 0.25) is 5.91 Å². The van der Waals surface area contributed by atoms with Crippen LogP contribution in [0, 0.1) is 5.92 Å². The molecule has 29 heavy (non-hydrogen) atoms. The molecule has 1 saturated heterocycles. The summed E-state index contributed by atoms with van der Waals surface area (Å²) in [5, 5.41) is 0. The summed E-state index contributed by atoms with van der Waals surface area (Å²) in [6, 6.07) is 15.0. The maximum Gasteiger partial charge on any atom is 0.338 e. The Bertz CT molecular complexity index is 907. The van der Waals surface area contributed by atoms with E-state index in [1.165, 1.54) is 4.90 Å². The van der Waals surface area contributed by atoms with E-state index in [1.807, 2.05) is 0 Å². The van der Waals surface area contributed by atoms with Crippen LogP contribution >= 0.6 is 0 Å². The molecular formula is C22H21NO6. The van der Waals surface area contributed by atoms with Crippen molar-refractivity contribution in [1.82, 2.24) is 0 Å². The molecule has 1 amide bonds. The van der Waals surface area contributed by atoms with Gasteiger partial charge in [-0.05, 0) is 31.2 Å². The number of hydrogen-bond acceptors (Lipinski definition) is 6. The van der Waals surface area contributed by atoms with E-state index < -0.39 is 17.9 Å². The number of hydrogen-bond donors (Lipinski definition) is 0. The fraction of sp³-hybridized carbons (Fsp3) is 0.273. The second-order valence-electron chi connectivity index (χ2n) is 6.57. The van der Waals surface area contributed by atoms with Crippen LogP contribution in [0.25, 0.3) is 0 Å². The molecule has 0 spiro atoms. The van der Waals surface area contributed by atoms with E-state index in [4.69, 9.17) is 9.47 Å². The summed E-state index contributed by atoms with van der Waals surface area (Å²) in [7, 11) is 0. The van der Waals surface area contributed by atoms with Crippen LogP contribution in [0.3, 0.4) is 0 Å². The minimum atomic E-state index is -0.643. The summed E-state index contributed by atoms with van der Waals surface area (Å²) in [5.41, 5.74) is 1.43. The predicted molar refractivity (Wildman–Crippen MR) is 105 cm³/mol. The zero-order valence-corrected chi connectivity index (χ0v) is 16.0. The molecule has 0 N–H and O–H groups in total. The van der Waals surface area contributed by atoms with Gasteiger partial charge in [-0.25, -0.2) is 4.79 Å². The van der Waals surface area contributed by atoms with Gasteiger partial charge < -0.3 is 14.4 Å². The van der Waals surface area contributed by atoms with Crippen LogP contribution in [0.2, 0.25) is 0 Å². The molecule has 1 atom stereocenters. The number of carbonyl (C=O) groups is 4. The van der Waals surface area contributed by atoms with E-state index in [2.05, 4.69) is 0 Å². The minimum Gasteiger partial charge on any atom is -0.462 e. The van der Waals surface area contributed by atoms with Crippen LogP contribution in [-0.4, -0.2) is 43.4 Å². The molecule has 0 aromatic heterocycles. The SMILES string of the molecule is CCOC(=O)c1ccc(N2C[C@H](C(=O)OCC(=O)c3ccccc3)CC2=O)cc1. The molecule has 0 unspecified atom stereocenters. The third kappa shape index (κ3) is 4.87. The average Bonchev–Trinajstić information content (AvgIpc) is 3.14. The maximum atomic E-state index is 12.3. The number of ketones is 1. The number of nitrogens with zero attached hydrogens (tertiary/aromatic N) is 1. The zero-order chi connectivity index (χ0) is 20.8. The molecular weight excluding hydrogens is 374 g/mol. The molecule has 150 valence electrons. The summed E-state index contributed by atoms with van der Waals surface area (Å²) < 4.78 is 10.1. The van der Waals surface area contributed by atoms with Gasteiger partial charge in [-0.15, -0.1) is 0 Å². The molecule has 1 fully saturated rings. The lowest BCUT2D eigenvalue weighted by atomic mass is 10.1. The second-order valence-corrected chi connectivity index (χ2v) is 6.57. The van der Waals surface area contributed by atoms with Crippen molar-refractivity contribution in [2.24, 2.45) is 5.92 Å². The van der Waals surface area contributed by atoms with Crippen molar-refractivity contribution in [1.29, 1.82) is 0 Å². The van der Waals surface area contributed by atoms with E-state index >= 15 is 0 Å². The fourth-order valence-corrected chi connectivity index (χ4v) is 3.07. The molecule has 1 aliphatic heterocycles. The topological polar surface area (TPSA) is 90.0 Å². The van der Waals surface area contributed by atoms with Gasteiger partial charge >= 0.3 is 11.9 Å². The summed E-state index contributed by atoms with van der Waals surface area (Å²) in [4.78, 5) is 49.9. The summed E-state index contributed by atoms with van der Waals surface area (Å²) in [6.45, 7) is 1.81. The molecule has 7 nitrogen and oxygen atoms in total. The first-order valence-corrected chi connectivity index (χ1v) is 9.32. The van der Waals surface area contributed by atoms with Gasteiger partial charge in [0, 0.05) is 24.2 Å². The largest absolute Gasteiger partial charge is 0.462 e. The normalized spacial score (nSPS) is 15.8. The number of benzene rings is 2. The number of rotatable bonds is 7. The van der Waals surface area contributed by atoms with Crippen molar-refractivity contribution < 1.29 is 28.7 Å². The van der Waals surface area contributed by atoms with Crippen molar-refractivity contribution in [2.45, 2.75) is 13.3 Å². The van der Waals surface area contributed by atoms with Crippen molar-refractivity contribution in [3.05, 3.63) is 65.7 Å². The highest BCUT2D eigenvalue weighted by Gasteiger charge is 2.36. The molecule has 1 aliphatic rings. The van der Waals surface area contributed by atoms with Crippen LogP contribution < -0.4 is 4.90 Å². The molecule has 7 heteroatoms. The van der Waals surface area contributed by atoms with Crippen molar-refractivity contribution in [3.8, 4) is 0 Å². The Morgan fingerprint density at radius 1 is 0.966 bits per heavy atom. The van der Waals surface area contributed by atoms with E-state index in [9.17, 15) is 19.2 Å². The Hall–Kier alpha value is -3.48. The first-order valence-electron chi connectivity index (χ1n) is 9.32. The molecule has 2 aromatic carbocycles. The maximum absolute atomic E-state index is 12.3. The van der Waals surface area contributed by atoms with Crippen LogP contribution in [0.5, 0.6) is 0 Å². The number of carbonyl (C=O) groups excluding carboxylic acids is 4. The van der Waals surface area contributed by atoms with E-state index in [-0.39, 0.29) is 37.9 Å². The highest BCUT2D eigenvalue weighted by atomic mass is 16.5. The first kappa shape index (κ1) is 20.3. The number of amides is 1. The lowest BCUT2D eigenvalue weighted by Gasteiger charge is -2.17. The first-order chi connectivity index (χ1) is 14.0. The monoisotopic (exact) mass is 395 g/mol. The minimum absolute atomic E-state index is 0.0119. The lowest BCUT2D eigenvalue weighted by molar-refractivity contribution is -0.147. The molecule has 0 saturated carbocycles. The third-order valence-corrected chi connectivity index (χ3v) is 4.59. The predicted octanol–water partition coefficient (Wildman–Crippen LogP) is 2.64. The zero-order valence-electron chi connectivity index (χ0n) is 16.0. The highest BCUT2D eigenvalue weighted by molar-refractivity contribution is 6.01. The number of esters is 2. The Labute approximate surface area is 168 Å². The third-order valence-electron chi connectivity index (χ3n) is 4.59. The van der Waals surface area contributed by atoms with E-state index in [0.717, 1.165) is 0 Å². The van der Waals surface area contributed by atoms with Crippen LogP contribution in [-0.2, 0) is 19.1 Å². The highest BCUT2D eigenvalue weighted by Crippen LogP contribution is 2.26. The Morgan fingerprint density at radius 2 is 1.66 bits per heavy atom. The summed E-state index contributed by atoms with van der Waals surface area (Å²) in [6.07, 6.45) is 0.0119. The molecule has 0 radical (unpaired) electrons. The van der Waals surface area contributed by atoms with E-state index in [0.29, 0.717) is 16.8 Å². The second kappa shape index (κ2) is 9.14. The van der Waals surface area contributed by atoms with Gasteiger partial charge in [-0.2, -0.15) is 0 Å². The van der Waals surface area contributed by atoms with Gasteiger partial charge in [0.1, 0.15) is 0 Å². The average molecular weight is 395 g/mol. The number of Topliss-reactive ketones (excluding diaryl/α,β-unsaturated/α-hetero) is 1. The van der Waals surface area contributed by atoms with Crippen LogP contribution in [0.1, 0.15) is 34.1 Å². The molecule has 3 rings (SSSR count). The van der Waals surface area contributed by atoms with Gasteiger partial charge in [-0.3, -0.25) is 14.4 Å². The van der Waals surface area contributed by atoms with Crippen LogP contribution in [0.4, 0.5) is 5.69 Å². The van der Waals surface area contributed by atoms with Crippen molar-refractivity contribution >= 4 is 29.3 Å². The standard InChI is InChI=1S/C22H21NO6/c1-2-28-21(26)16-8-10-18(11-9-16)23-13-17(12-20(23)25)22(27)29-14-19(24)15-6-4-3-5-7-15/h3-11,17H,2,12-14H2,1H3/t17-/m1/s1. The van der Waals surface area contributed by atoms with Crippen LogP contribution in [0.15, 0.2) is 54.6 Å². The van der Waals surface area contributed by atoms with E-state index in [1.54, 1.807) is 61.5 Å². The quantitative estimate of drug-likeness (QED) is 0.529. The Morgan fingerprint density at radius 3 is 2.31 bits per heavy atom. The van der Waals surface area contributed by atoms with Gasteiger partial charge in [0.25, 0.3) is 0 Å². The fourth-order valence-electron chi connectivity index (χ4n) is 3.07. The summed E-state index contributed by atoms with van der Waals surface area (Å²) >= 11 is 0. The number of anilines is 1. The number of ether oxygens (including phenoxy) is 2. The van der Waals surface area contributed by atoms with Gasteiger partial charge in [0.05, 0.1) is 18.1 Å². The Kier molecular flexibility index (Phi) is 6.39. The molecule has 0 bridgehead atoms.